The molecule has 0 atom stereocenters. The number of benzene rings is 2. The van der Waals surface area contributed by atoms with Crippen LogP contribution >= 0.6 is 11.6 Å². The van der Waals surface area contributed by atoms with Crippen molar-refractivity contribution in [3.63, 3.8) is 0 Å². The predicted molar refractivity (Wildman–Crippen MR) is 74.9 cm³/mol. The molecule has 0 saturated heterocycles. The van der Waals surface area contributed by atoms with E-state index in [1.807, 2.05) is 0 Å². The summed E-state index contributed by atoms with van der Waals surface area (Å²) >= 11 is 5.81. The van der Waals surface area contributed by atoms with E-state index in [4.69, 9.17) is 16.7 Å². The smallest absolute Gasteiger partial charge is 0.251 e. The SMILES string of the molecule is O=C(NCc1ccc(F)c(CO)c1)c1cccc(Cl)c1. The predicted octanol–water partition coefficient (Wildman–Crippen LogP) is 2.90. The molecular formula is C15H13ClFNO2. The van der Waals surface area contributed by atoms with Crippen molar-refractivity contribution in [3.8, 4) is 0 Å². The van der Waals surface area contributed by atoms with Gasteiger partial charge in [0.2, 0.25) is 0 Å². The number of amides is 1. The van der Waals surface area contributed by atoms with Crippen molar-refractivity contribution in [1.29, 1.82) is 0 Å². The molecule has 0 aliphatic carbocycles. The first-order valence-electron chi connectivity index (χ1n) is 6.02. The molecular weight excluding hydrogens is 281 g/mol. The molecule has 3 nitrogen and oxygen atoms in total. The highest BCUT2D eigenvalue weighted by Crippen LogP contribution is 2.12. The average Bonchev–Trinajstić information content (AvgIpc) is 2.46. The Hall–Kier alpha value is -1.91. The maximum atomic E-state index is 13.2. The molecule has 0 aromatic heterocycles. The highest BCUT2D eigenvalue weighted by molar-refractivity contribution is 6.30. The van der Waals surface area contributed by atoms with E-state index in [9.17, 15) is 9.18 Å². The van der Waals surface area contributed by atoms with Gasteiger partial charge in [-0.05, 0) is 35.9 Å². The van der Waals surface area contributed by atoms with Gasteiger partial charge < -0.3 is 10.4 Å². The van der Waals surface area contributed by atoms with E-state index in [1.165, 1.54) is 12.1 Å². The summed E-state index contributed by atoms with van der Waals surface area (Å²) < 4.78 is 13.2. The van der Waals surface area contributed by atoms with E-state index < -0.39 is 5.82 Å². The first-order chi connectivity index (χ1) is 9.60. The molecule has 0 heterocycles. The molecule has 5 heteroatoms. The third kappa shape index (κ3) is 3.56. The minimum Gasteiger partial charge on any atom is -0.392 e. The summed E-state index contributed by atoms with van der Waals surface area (Å²) in [4.78, 5) is 11.9. The molecule has 0 aliphatic heterocycles. The molecule has 2 N–H and O–H groups in total. The third-order valence-corrected chi connectivity index (χ3v) is 3.06. The van der Waals surface area contributed by atoms with E-state index in [-0.39, 0.29) is 24.6 Å². The Bertz CT molecular complexity index is 631. The first kappa shape index (κ1) is 14.5. The number of aliphatic hydroxyl groups excluding tert-OH is 1. The molecule has 0 unspecified atom stereocenters. The summed E-state index contributed by atoms with van der Waals surface area (Å²) in [6.07, 6.45) is 0. The highest BCUT2D eigenvalue weighted by atomic mass is 35.5. The Morgan fingerprint density at radius 1 is 1.25 bits per heavy atom. The number of hydrogen-bond acceptors (Lipinski definition) is 2. The van der Waals surface area contributed by atoms with Gasteiger partial charge in [-0.3, -0.25) is 4.79 Å². The topological polar surface area (TPSA) is 49.3 Å². The van der Waals surface area contributed by atoms with Crippen molar-refractivity contribution in [1.82, 2.24) is 5.32 Å². The summed E-state index contributed by atoms with van der Waals surface area (Å²) in [6, 6.07) is 11.0. The van der Waals surface area contributed by atoms with Gasteiger partial charge in [-0.25, -0.2) is 4.39 Å². The average molecular weight is 294 g/mol. The van der Waals surface area contributed by atoms with Gasteiger partial charge in [0.15, 0.2) is 0 Å². The number of aliphatic hydroxyl groups is 1. The highest BCUT2D eigenvalue weighted by Gasteiger charge is 2.07. The second-order valence-corrected chi connectivity index (χ2v) is 4.71. The van der Waals surface area contributed by atoms with Crippen LogP contribution in [0.1, 0.15) is 21.5 Å². The van der Waals surface area contributed by atoms with Crippen LogP contribution in [0, 0.1) is 5.82 Å². The Balaban J connectivity index is 2.03. The number of carbonyl (C=O) groups is 1. The minimum atomic E-state index is -0.461. The maximum Gasteiger partial charge on any atom is 0.251 e. The monoisotopic (exact) mass is 293 g/mol. The van der Waals surface area contributed by atoms with Crippen LogP contribution in [-0.2, 0) is 13.2 Å². The first-order valence-corrected chi connectivity index (χ1v) is 6.40. The van der Waals surface area contributed by atoms with Crippen LogP contribution in [-0.4, -0.2) is 11.0 Å². The zero-order valence-electron chi connectivity index (χ0n) is 10.6. The molecule has 104 valence electrons. The fraction of sp³-hybridized carbons (Fsp3) is 0.133. The molecule has 0 spiro atoms. The van der Waals surface area contributed by atoms with Gasteiger partial charge in [0, 0.05) is 22.7 Å². The summed E-state index contributed by atoms with van der Waals surface area (Å²) in [5.41, 5.74) is 1.38. The van der Waals surface area contributed by atoms with Gasteiger partial charge in [-0.1, -0.05) is 23.7 Å². The molecule has 0 saturated carbocycles. The molecule has 0 aliphatic rings. The fourth-order valence-corrected chi connectivity index (χ4v) is 1.96. The zero-order chi connectivity index (χ0) is 14.5. The van der Waals surface area contributed by atoms with Crippen molar-refractivity contribution in [3.05, 3.63) is 70.0 Å². The lowest BCUT2D eigenvalue weighted by atomic mass is 10.1. The Morgan fingerprint density at radius 3 is 2.75 bits per heavy atom. The lowest BCUT2D eigenvalue weighted by molar-refractivity contribution is 0.0951. The van der Waals surface area contributed by atoms with Gasteiger partial charge in [-0.15, -0.1) is 0 Å². The minimum absolute atomic E-state index is 0.208. The van der Waals surface area contributed by atoms with Crippen molar-refractivity contribution in [2.24, 2.45) is 0 Å². The van der Waals surface area contributed by atoms with Crippen LogP contribution in [0.25, 0.3) is 0 Å². The second kappa shape index (κ2) is 6.50. The molecule has 1 amide bonds. The van der Waals surface area contributed by atoms with E-state index in [0.717, 1.165) is 0 Å². The van der Waals surface area contributed by atoms with Crippen molar-refractivity contribution in [2.75, 3.05) is 0 Å². The number of nitrogens with one attached hydrogen (secondary N) is 1. The lowest BCUT2D eigenvalue weighted by Gasteiger charge is -2.07. The number of carbonyl (C=O) groups excluding carboxylic acids is 1. The van der Waals surface area contributed by atoms with Gasteiger partial charge in [0.1, 0.15) is 5.82 Å². The Kier molecular flexibility index (Phi) is 4.71. The van der Waals surface area contributed by atoms with Crippen molar-refractivity contribution >= 4 is 17.5 Å². The third-order valence-electron chi connectivity index (χ3n) is 2.82. The van der Waals surface area contributed by atoms with Gasteiger partial charge in [0.25, 0.3) is 5.91 Å². The van der Waals surface area contributed by atoms with Crippen LogP contribution in [0.2, 0.25) is 5.02 Å². The molecule has 0 bridgehead atoms. The molecule has 20 heavy (non-hydrogen) atoms. The van der Waals surface area contributed by atoms with Crippen LogP contribution in [0.4, 0.5) is 4.39 Å². The van der Waals surface area contributed by atoms with Gasteiger partial charge >= 0.3 is 0 Å². The van der Waals surface area contributed by atoms with Gasteiger partial charge in [-0.2, -0.15) is 0 Å². The van der Waals surface area contributed by atoms with Crippen LogP contribution in [0.3, 0.4) is 0 Å². The standard InChI is InChI=1S/C15H13ClFNO2/c16-13-3-1-2-11(7-13)15(20)18-8-10-4-5-14(17)12(6-10)9-19/h1-7,19H,8-9H2,(H,18,20). The molecule has 0 radical (unpaired) electrons. The quantitative estimate of drug-likeness (QED) is 0.910. The largest absolute Gasteiger partial charge is 0.392 e. The van der Waals surface area contributed by atoms with Gasteiger partial charge in [0.05, 0.1) is 6.61 Å². The lowest BCUT2D eigenvalue weighted by Crippen LogP contribution is -2.22. The number of hydrogen-bond donors (Lipinski definition) is 2. The number of halogens is 2. The van der Waals surface area contributed by atoms with Crippen molar-refractivity contribution < 1.29 is 14.3 Å². The van der Waals surface area contributed by atoms with Crippen LogP contribution in [0.15, 0.2) is 42.5 Å². The zero-order valence-corrected chi connectivity index (χ0v) is 11.3. The second-order valence-electron chi connectivity index (χ2n) is 4.28. The normalized spacial score (nSPS) is 10.3. The summed E-state index contributed by atoms with van der Waals surface area (Å²) in [5.74, 6) is -0.722. The summed E-state index contributed by atoms with van der Waals surface area (Å²) in [5, 5.41) is 12.2. The fourth-order valence-electron chi connectivity index (χ4n) is 1.77. The van der Waals surface area contributed by atoms with E-state index in [2.05, 4.69) is 5.32 Å². The van der Waals surface area contributed by atoms with Crippen molar-refractivity contribution in [2.45, 2.75) is 13.2 Å². The maximum absolute atomic E-state index is 13.2. The molecule has 0 fully saturated rings. The summed E-state index contributed by atoms with van der Waals surface area (Å²) in [6.45, 7) is -0.124. The van der Waals surface area contributed by atoms with E-state index >= 15 is 0 Å². The summed E-state index contributed by atoms with van der Waals surface area (Å²) in [7, 11) is 0. The number of rotatable bonds is 4. The Morgan fingerprint density at radius 2 is 2.05 bits per heavy atom. The molecule has 2 rings (SSSR count). The van der Waals surface area contributed by atoms with Crippen LogP contribution in [0.5, 0.6) is 0 Å². The van der Waals surface area contributed by atoms with Crippen LogP contribution < -0.4 is 5.32 Å². The van der Waals surface area contributed by atoms with E-state index in [1.54, 1.807) is 30.3 Å². The molecule has 2 aromatic carbocycles. The Labute approximate surface area is 121 Å². The van der Waals surface area contributed by atoms with E-state index in [0.29, 0.717) is 16.1 Å². The molecule has 2 aromatic rings.